The average molecular weight is 344 g/mol. The normalized spacial score (nSPS) is 21.5. The molecule has 0 radical (unpaired) electrons. The van der Waals surface area contributed by atoms with Crippen LogP contribution in [-0.4, -0.2) is 42.6 Å². The van der Waals surface area contributed by atoms with E-state index in [2.05, 4.69) is 34.5 Å². The fraction of sp³-hybridized carbons (Fsp3) is 0.650. The number of nitrogens with zero attached hydrogens (tertiary/aromatic N) is 2. The molecule has 0 saturated carbocycles. The molecule has 1 aromatic heterocycles. The topological polar surface area (TPSA) is 28.2 Å². The SMILES string of the molecule is c1ccc2sc(C3CCN(CCCC4CCNCC4)CC3)nc2c1. The van der Waals surface area contributed by atoms with Crippen molar-refractivity contribution in [2.45, 2.75) is 44.4 Å². The highest BCUT2D eigenvalue weighted by Gasteiger charge is 2.23. The Hall–Kier alpha value is -0.970. The summed E-state index contributed by atoms with van der Waals surface area (Å²) in [4.78, 5) is 7.56. The molecule has 4 heteroatoms. The lowest BCUT2D eigenvalue weighted by Crippen LogP contribution is -2.34. The van der Waals surface area contributed by atoms with Crippen LogP contribution in [0.25, 0.3) is 10.2 Å². The maximum atomic E-state index is 4.88. The minimum absolute atomic E-state index is 0.683. The molecule has 0 amide bonds. The number of likely N-dealkylation sites (tertiary alicyclic amines) is 1. The molecule has 3 heterocycles. The largest absolute Gasteiger partial charge is 0.317 e. The minimum Gasteiger partial charge on any atom is -0.317 e. The number of fused-ring (bicyclic) bond motifs is 1. The van der Waals surface area contributed by atoms with Gasteiger partial charge in [0.15, 0.2) is 0 Å². The molecule has 2 saturated heterocycles. The van der Waals surface area contributed by atoms with E-state index >= 15 is 0 Å². The zero-order valence-electron chi connectivity index (χ0n) is 14.5. The summed E-state index contributed by atoms with van der Waals surface area (Å²) >= 11 is 1.91. The lowest BCUT2D eigenvalue weighted by molar-refractivity contribution is 0.201. The van der Waals surface area contributed by atoms with Crippen molar-refractivity contribution in [3.63, 3.8) is 0 Å². The van der Waals surface area contributed by atoms with E-state index in [0.717, 1.165) is 5.92 Å². The van der Waals surface area contributed by atoms with Crippen molar-refractivity contribution in [1.82, 2.24) is 15.2 Å². The fourth-order valence-electron chi connectivity index (χ4n) is 4.24. The third kappa shape index (κ3) is 3.98. The Morgan fingerprint density at radius 3 is 2.67 bits per heavy atom. The van der Waals surface area contributed by atoms with Gasteiger partial charge in [0, 0.05) is 5.92 Å². The van der Waals surface area contributed by atoms with Crippen molar-refractivity contribution >= 4 is 21.6 Å². The van der Waals surface area contributed by atoms with E-state index in [-0.39, 0.29) is 0 Å². The summed E-state index contributed by atoms with van der Waals surface area (Å²) < 4.78 is 1.34. The first kappa shape index (κ1) is 16.5. The molecule has 0 spiro atoms. The average Bonchev–Trinajstić information content (AvgIpc) is 3.07. The Morgan fingerprint density at radius 2 is 1.88 bits per heavy atom. The molecule has 0 bridgehead atoms. The van der Waals surface area contributed by atoms with Crippen LogP contribution in [0.4, 0.5) is 0 Å². The van der Waals surface area contributed by atoms with Crippen LogP contribution in [-0.2, 0) is 0 Å². The van der Waals surface area contributed by atoms with Gasteiger partial charge >= 0.3 is 0 Å². The van der Waals surface area contributed by atoms with Gasteiger partial charge < -0.3 is 10.2 Å². The maximum absolute atomic E-state index is 4.88. The van der Waals surface area contributed by atoms with E-state index in [4.69, 9.17) is 4.98 Å². The van der Waals surface area contributed by atoms with Crippen molar-refractivity contribution in [3.8, 4) is 0 Å². The van der Waals surface area contributed by atoms with Crippen LogP contribution in [0.5, 0.6) is 0 Å². The van der Waals surface area contributed by atoms with Gasteiger partial charge in [-0.3, -0.25) is 0 Å². The molecule has 0 unspecified atom stereocenters. The summed E-state index contributed by atoms with van der Waals surface area (Å²) in [6, 6.07) is 8.56. The summed E-state index contributed by atoms with van der Waals surface area (Å²) in [5, 5.41) is 4.84. The van der Waals surface area contributed by atoms with Crippen LogP contribution < -0.4 is 5.32 Å². The van der Waals surface area contributed by atoms with Gasteiger partial charge in [0.2, 0.25) is 0 Å². The Bertz CT molecular complexity index is 606. The van der Waals surface area contributed by atoms with E-state index in [9.17, 15) is 0 Å². The van der Waals surface area contributed by atoms with Gasteiger partial charge in [-0.05, 0) is 89.3 Å². The molecule has 24 heavy (non-hydrogen) atoms. The van der Waals surface area contributed by atoms with E-state index < -0.39 is 0 Å². The maximum Gasteiger partial charge on any atom is 0.0970 e. The Labute approximate surface area is 149 Å². The number of para-hydroxylation sites is 1. The van der Waals surface area contributed by atoms with Crippen LogP contribution in [0, 0.1) is 5.92 Å². The Kier molecular flexibility index (Phi) is 5.46. The van der Waals surface area contributed by atoms with Gasteiger partial charge in [-0.2, -0.15) is 0 Å². The lowest BCUT2D eigenvalue weighted by atomic mass is 9.92. The summed E-state index contributed by atoms with van der Waals surface area (Å²) in [5.41, 5.74) is 1.18. The van der Waals surface area contributed by atoms with Crippen molar-refractivity contribution in [2.75, 3.05) is 32.7 Å². The molecule has 130 valence electrons. The highest BCUT2D eigenvalue weighted by molar-refractivity contribution is 7.18. The second-order valence-corrected chi connectivity index (χ2v) is 8.53. The van der Waals surface area contributed by atoms with Crippen molar-refractivity contribution in [1.29, 1.82) is 0 Å². The zero-order valence-corrected chi connectivity index (χ0v) is 15.4. The number of rotatable bonds is 5. The molecule has 1 N–H and O–H groups in total. The smallest absolute Gasteiger partial charge is 0.0970 e. The minimum atomic E-state index is 0.683. The number of thiazole rings is 1. The summed E-state index contributed by atoms with van der Waals surface area (Å²) in [7, 11) is 0. The molecule has 2 fully saturated rings. The molecule has 4 rings (SSSR count). The van der Waals surface area contributed by atoms with Gasteiger partial charge in [-0.1, -0.05) is 12.1 Å². The van der Waals surface area contributed by atoms with Gasteiger partial charge in [0.25, 0.3) is 0 Å². The Morgan fingerprint density at radius 1 is 1.08 bits per heavy atom. The number of benzene rings is 1. The third-order valence-corrected chi connectivity index (χ3v) is 6.99. The Balaban J connectivity index is 1.23. The van der Waals surface area contributed by atoms with Gasteiger partial charge in [0.05, 0.1) is 15.2 Å². The predicted octanol–water partition coefficient (Wildman–Crippen LogP) is 4.26. The van der Waals surface area contributed by atoms with E-state index in [1.807, 2.05) is 11.3 Å². The molecule has 2 aliphatic heterocycles. The molecular formula is C20H29N3S. The molecule has 1 aromatic carbocycles. The quantitative estimate of drug-likeness (QED) is 0.879. The monoisotopic (exact) mass is 343 g/mol. The van der Waals surface area contributed by atoms with Crippen molar-refractivity contribution < 1.29 is 0 Å². The zero-order chi connectivity index (χ0) is 16.2. The van der Waals surface area contributed by atoms with Crippen molar-refractivity contribution in [3.05, 3.63) is 29.3 Å². The lowest BCUT2D eigenvalue weighted by Gasteiger charge is -2.31. The van der Waals surface area contributed by atoms with Crippen LogP contribution in [0.2, 0.25) is 0 Å². The van der Waals surface area contributed by atoms with Crippen LogP contribution >= 0.6 is 11.3 Å². The second-order valence-electron chi connectivity index (χ2n) is 7.47. The first-order valence-corrected chi connectivity index (χ1v) is 10.5. The number of hydrogen-bond donors (Lipinski definition) is 1. The van der Waals surface area contributed by atoms with E-state index in [1.54, 1.807) is 0 Å². The van der Waals surface area contributed by atoms with Crippen molar-refractivity contribution in [2.24, 2.45) is 5.92 Å². The first-order chi connectivity index (χ1) is 11.9. The molecule has 0 aliphatic carbocycles. The molecule has 3 nitrogen and oxygen atoms in total. The van der Waals surface area contributed by atoms with Gasteiger partial charge in [0.1, 0.15) is 0 Å². The van der Waals surface area contributed by atoms with Gasteiger partial charge in [-0.25, -0.2) is 4.98 Å². The number of hydrogen-bond acceptors (Lipinski definition) is 4. The fourth-order valence-corrected chi connectivity index (χ4v) is 5.38. The summed E-state index contributed by atoms with van der Waals surface area (Å²) in [6.45, 7) is 6.28. The van der Waals surface area contributed by atoms with Gasteiger partial charge in [-0.15, -0.1) is 11.3 Å². The predicted molar refractivity (Wildman–Crippen MR) is 103 cm³/mol. The summed E-state index contributed by atoms with van der Waals surface area (Å²) in [6.07, 6.45) is 8.16. The molecule has 2 aliphatic rings. The standard InChI is InChI=1S/C20H29N3S/c1-2-6-19-18(5-1)22-20(24-19)17-9-14-23(15-10-17)13-3-4-16-7-11-21-12-8-16/h1-2,5-6,16-17,21H,3-4,7-15H2. The molecule has 2 aromatic rings. The third-order valence-electron chi connectivity index (χ3n) is 5.79. The highest BCUT2D eigenvalue weighted by atomic mass is 32.1. The number of piperidine rings is 2. The second kappa shape index (κ2) is 7.94. The van der Waals surface area contributed by atoms with Crippen LogP contribution in [0.1, 0.15) is 49.5 Å². The number of nitrogens with one attached hydrogen (secondary N) is 1. The molecular weight excluding hydrogens is 314 g/mol. The van der Waals surface area contributed by atoms with E-state index in [1.165, 1.54) is 86.5 Å². The first-order valence-electron chi connectivity index (χ1n) is 9.67. The molecule has 0 atom stereocenters. The van der Waals surface area contributed by atoms with Crippen LogP contribution in [0.3, 0.4) is 0 Å². The summed E-state index contributed by atoms with van der Waals surface area (Å²) in [5.74, 6) is 1.66. The number of aromatic nitrogens is 1. The highest BCUT2D eigenvalue weighted by Crippen LogP contribution is 2.33. The van der Waals surface area contributed by atoms with Crippen LogP contribution in [0.15, 0.2) is 24.3 Å². The van der Waals surface area contributed by atoms with E-state index in [0.29, 0.717) is 5.92 Å².